The van der Waals surface area contributed by atoms with Crippen molar-refractivity contribution in [2.24, 2.45) is 0 Å². The van der Waals surface area contributed by atoms with Gasteiger partial charge in [-0.1, -0.05) is 6.07 Å². The number of aromatic nitrogens is 4. The third-order valence-corrected chi connectivity index (χ3v) is 7.40. The number of ether oxygens (including phenoxy) is 1. The van der Waals surface area contributed by atoms with Crippen LogP contribution in [0.1, 0.15) is 33.1 Å². The van der Waals surface area contributed by atoms with Gasteiger partial charge in [-0.3, -0.25) is 0 Å². The number of hydrogen-bond acceptors (Lipinski definition) is 8. The Hall–Kier alpha value is -3.40. The fourth-order valence-electron chi connectivity index (χ4n) is 5.39. The van der Waals surface area contributed by atoms with Crippen LogP contribution in [0, 0.1) is 5.95 Å². The number of nitrogens with zero attached hydrogens (tertiary/aromatic N) is 5. The van der Waals surface area contributed by atoms with E-state index in [1.165, 1.54) is 25.4 Å². The zero-order valence-corrected chi connectivity index (χ0v) is 20.1. The lowest BCUT2D eigenvalue weighted by molar-refractivity contribution is 0.0859. The van der Waals surface area contributed by atoms with Gasteiger partial charge in [0.25, 0.3) is 5.95 Å². The molecule has 0 radical (unpaired) electrons. The summed E-state index contributed by atoms with van der Waals surface area (Å²) in [6, 6.07) is 6.08. The topological polar surface area (TPSA) is 96.3 Å². The maximum atomic E-state index is 15.4. The normalized spacial score (nSPS) is 27.6. The first kappa shape index (κ1) is 23.3. The highest BCUT2D eigenvalue weighted by Crippen LogP contribution is 2.45. The lowest BCUT2D eigenvalue weighted by Gasteiger charge is -2.47. The van der Waals surface area contributed by atoms with Gasteiger partial charge in [-0.15, -0.1) is 10.2 Å². The van der Waals surface area contributed by atoms with Crippen LogP contribution in [-0.4, -0.2) is 62.7 Å². The minimum Gasteiger partial charge on any atom is -0.507 e. The van der Waals surface area contributed by atoms with Crippen molar-refractivity contribution in [1.29, 1.82) is 0 Å². The van der Waals surface area contributed by atoms with Crippen molar-refractivity contribution in [3.63, 3.8) is 0 Å². The smallest absolute Gasteiger partial charge is 0.255 e. The molecule has 0 spiro atoms. The molecule has 10 heteroatoms. The van der Waals surface area contributed by atoms with E-state index in [0.717, 1.165) is 12.8 Å². The van der Waals surface area contributed by atoms with Crippen LogP contribution in [0.25, 0.3) is 22.5 Å². The molecule has 8 nitrogen and oxygen atoms in total. The number of phenols is 1. The number of aromatic hydroxyl groups is 1. The van der Waals surface area contributed by atoms with E-state index in [0.29, 0.717) is 28.9 Å². The van der Waals surface area contributed by atoms with Gasteiger partial charge in [-0.25, -0.2) is 14.4 Å². The Labute approximate surface area is 202 Å². The van der Waals surface area contributed by atoms with Gasteiger partial charge >= 0.3 is 0 Å². The standard InChI is InChI=1S/C25H28F2N6O2/c1-24-7-8-25(2,32-24)21(26)17(11-24)33(3)20-13-29-23(31-30-20)16-6-5-14(9-18(16)34)15-10-19(35-4)22(27)28-12-15/h5-6,9-10,12-13,17,21,32,34H,7-8,11H2,1-4H3/t17-,21-,24-,25+/m1/s1. The van der Waals surface area contributed by atoms with Gasteiger partial charge < -0.3 is 20.1 Å². The molecule has 1 aromatic carbocycles. The zero-order chi connectivity index (χ0) is 25.0. The number of nitrogens with one attached hydrogen (secondary N) is 1. The average molecular weight is 483 g/mol. The van der Waals surface area contributed by atoms with Crippen molar-refractivity contribution >= 4 is 5.82 Å². The summed E-state index contributed by atoms with van der Waals surface area (Å²) >= 11 is 0. The van der Waals surface area contributed by atoms with Gasteiger partial charge in [0, 0.05) is 29.9 Å². The number of halogens is 2. The number of piperidine rings is 1. The predicted molar refractivity (Wildman–Crippen MR) is 128 cm³/mol. The molecule has 2 aliphatic heterocycles. The summed E-state index contributed by atoms with van der Waals surface area (Å²) in [5, 5.41) is 22.6. The van der Waals surface area contributed by atoms with Crippen molar-refractivity contribution in [3.8, 4) is 34.0 Å². The van der Waals surface area contributed by atoms with Crippen LogP contribution in [0.5, 0.6) is 11.5 Å². The molecule has 0 amide bonds. The molecular formula is C25H28F2N6O2. The maximum absolute atomic E-state index is 15.4. The molecule has 2 bridgehead atoms. The molecule has 3 aromatic rings. The van der Waals surface area contributed by atoms with Crippen LogP contribution in [0.3, 0.4) is 0 Å². The molecule has 5 rings (SSSR count). The van der Waals surface area contributed by atoms with E-state index < -0.39 is 17.7 Å². The molecule has 2 aliphatic rings. The van der Waals surface area contributed by atoms with Gasteiger partial charge in [-0.05, 0) is 56.9 Å². The Morgan fingerprint density at radius 1 is 1.11 bits per heavy atom. The van der Waals surface area contributed by atoms with Crippen LogP contribution in [0.2, 0.25) is 0 Å². The highest BCUT2D eigenvalue weighted by molar-refractivity contribution is 5.73. The van der Waals surface area contributed by atoms with E-state index in [1.807, 2.05) is 18.9 Å². The molecule has 2 N–H and O–H groups in total. The van der Waals surface area contributed by atoms with Crippen molar-refractivity contribution in [3.05, 3.63) is 42.6 Å². The fourth-order valence-corrected chi connectivity index (χ4v) is 5.39. The number of phenolic OH excluding ortho intramolecular Hbond substituents is 1. The number of anilines is 1. The molecule has 184 valence electrons. The first-order valence-electron chi connectivity index (χ1n) is 11.5. The van der Waals surface area contributed by atoms with Crippen molar-refractivity contribution in [1.82, 2.24) is 25.5 Å². The highest BCUT2D eigenvalue weighted by Gasteiger charge is 2.56. The fraction of sp³-hybridized carbons (Fsp3) is 0.440. The number of methoxy groups -OCH3 is 1. The van der Waals surface area contributed by atoms with E-state index >= 15 is 4.39 Å². The lowest BCUT2D eigenvalue weighted by Crippen LogP contribution is -2.65. The van der Waals surface area contributed by atoms with Crippen molar-refractivity contribution in [2.75, 3.05) is 19.1 Å². The van der Waals surface area contributed by atoms with Crippen LogP contribution in [0.15, 0.2) is 36.7 Å². The number of hydrogen-bond donors (Lipinski definition) is 2. The number of alkyl halides is 1. The summed E-state index contributed by atoms with van der Waals surface area (Å²) in [5.74, 6) is -0.0504. The Balaban J connectivity index is 1.37. The summed E-state index contributed by atoms with van der Waals surface area (Å²) in [7, 11) is 3.18. The summed E-state index contributed by atoms with van der Waals surface area (Å²) in [6.07, 6.45) is 4.25. The molecular weight excluding hydrogens is 454 g/mol. The van der Waals surface area contributed by atoms with Gasteiger partial charge in [0.1, 0.15) is 11.9 Å². The van der Waals surface area contributed by atoms with Gasteiger partial charge in [-0.2, -0.15) is 4.39 Å². The van der Waals surface area contributed by atoms with E-state index in [4.69, 9.17) is 4.74 Å². The second-order valence-electron chi connectivity index (χ2n) is 9.98. The van der Waals surface area contributed by atoms with Gasteiger partial charge in [0.2, 0.25) is 0 Å². The molecule has 35 heavy (non-hydrogen) atoms. The second kappa shape index (κ2) is 8.37. The van der Waals surface area contributed by atoms with E-state index in [-0.39, 0.29) is 28.9 Å². The quantitative estimate of drug-likeness (QED) is 0.529. The number of fused-ring (bicyclic) bond motifs is 2. The van der Waals surface area contributed by atoms with Gasteiger partial charge in [0.05, 0.1) is 24.9 Å². The summed E-state index contributed by atoms with van der Waals surface area (Å²) in [4.78, 5) is 9.88. The number of benzene rings is 1. The molecule has 2 fully saturated rings. The summed E-state index contributed by atoms with van der Waals surface area (Å²) in [6.45, 7) is 4.09. The Bertz CT molecular complexity index is 1260. The van der Waals surface area contributed by atoms with E-state index in [1.54, 1.807) is 18.3 Å². The third-order valence-electron chi connectivity index (χ3n) is 7.40. The second-order valence-corrected chi connectivity index (χ2v) is 9.98. The molecule has 4 atom stereocenters. The molecule has 2 aromatic heterocycles. The maximum Gasteiger partial charge on any atom is 0.255 e. The minimum absolute atomic E-state index is 0.0126. The number of rotatable bonds is 5. The molecule has 4 heterocycles. The SMILES string of the molecule is COc1cc(-c2ccc(-c3ncc(N(C)[C@@H]4C[C@@]5(C)CC[C@](C)(N5)[C@@H]4F)nn3)c(O)c2)cnc1F. The molecule has 0 unspecified atom stereocenters. The van der Waals surface area contributed by atoms with E-state index in [2.05, 4.69) is 32.4 Å². The highest BCUT2D eigenvalue weighted by atomic mass is 19.1. The average Bonchev–Trinajstić information content (AvgIpc) is 3.13. The van der Waals surface area contributed by atoms with Gasteiger partial charge in [0.15, 0.2) is 17.4 Å². The van der Waals surface area contributed by atoms with Crippen LogP contribution in [-0.2, 0) is 0 Å². The predicted octanol–water partition coefficient (Wildman–Crippen LogP) is 3.90. The summed E-state index contributed by atoms with van der Waals surface area (Å²) in [5.41, 5.74) is 0.942. The monoisotopic (exact) mass is 482 g/mol. The third kappa shape index (κ3) is 4.05. The first-order chi connectivity index (χ1) is 16.6. The Morgan fingerprint density at radius 2 is 1.91 bits per heavy atom. The Kier molecular flexibility index (Phi) is 5.58. The summed E-state index contributed by atoms with van der Waals surface area (Å²) < 4.78 is 34.0. The lowest BCUT2D eigenvalue weighted by atomic mass is 9.82. The van der Waals surface area contributed by atoms with Crippen LogP contribution < -0.4 is 15.0 Å². The molecule has 0 saturated carbocycles. The largest absolute Gasteiger partial charge is 0.507 e. The van der Waals surface area contributed by atoms with Crippen molar-refractivity contribution in [2.45, 2.75) is 56.4 Å². The van der Waals surface area contributed by atoms with Crippen LogP contribution in [0.4, 0.5) is 14.6 Å². The van der Waals surface area contributed by atoms with Crippen molar-refractivity contribution < 1.29 is 18.6 Å². The Morgan fingerprint density at radius 3 is 2.60 bits per heavy atom. The van der Waals surface area contributed by atoms with Crippen LogP contribution >= 0.6 is 0 Å². The molecule has 0 aliphatic carbocycles. The zero-order valence-electron chi connectivity index (χ0n) is 20.1. The number of pyridine rings is 1. The first-order valence-corrected chi connectivity index (χ1v) is 11.5. The molecule has 2 saturated heterocycles. The minimum atomic E-state index is -1.05. The van der Waals surface area contributed by atoms with E-state index in [9.17, 15) is 9.50 Å².